The number of amides is 2. The Bertz CT molecular complexity index is 475. The molecule has 1 aromatic rings. The SMILES string of the molecule is C=C(Br)CNC(=O)Nc1cccc(C2SCCS2)c1. The van der Waals surface area contributed by atoms with E-state index in [2.05, 4.69) is 39.2 Å². The van der Waals surface area contributed by atoms with E-state index >= 15 is 0 Å². The molecule has 0 radical (unpaired) electrons. The van der Waals surface area contributed by atoms with Crippen molar-refractivity contribution in [3.05, 3.63) is 40.9 Å². The van der Waals surface area contributed by atoms with Crippen molar-refractivity contribution in [3.8, 4) is 0 Å². The number of benzene rings is 1. The molecule has 2 rings (SSSR count). The summed E-state index contributed by atoms with van der Waals surface area (Å²) in [7, 11) is 0. The minimum atomic E-state index is -0.218. The summed E-state index contributed by atoms with van der Waals surface area (Å²) in [5, 5.41) is 5.54. The summed E-state index contributed by atoms with van der Waals surface area (Å²) in [5.74, 6) is 2.39. The molecular weight excluding hydrogens is 344 g/mol. The van der Waals surface area contributed by atoms with Crippen LogP contribution in [0.3, 0.4) is 0 Å². The number of urea groups is 1. The first-order chi connectivity index (χ1) is 9.15. The van der Waals surface area contributed by atoms with Gasteiger partial charge in [-0.15, -0.1) is 23.5 Å². The summed E-state index contributed by atoms with van der Waals surface area (Å²) in [6.07, 6.45) is 0. The second-order valence-corrected chi connectivity index (χ2v) is 7.87. The van der Waals surface area contributed by atoms with Crippen LogP contribution in [0.2, 0.25) is 0 Å². The van der Waals surface area contributed by atoms with Gasteiger partial charge in [0.1, 0.15) is 0 Å². The van der Waals surface area contributed by atoms with Crippen molar-refractivity contribution in [2.24, 2.45) is 0 Å². The average molecular weight is 359 g/mol. The monoisotopic (exact) mass is 358 g/mol. The molecule has 0 bridgehead atoms. The van der Waals surface area contributed by atoms with E-state index in [0.717, 1.165) is 10.2 Å². The molecule has 1 aliphatic rings. The second kappa shape index (κ2) is 7.26. The van der Waals surface area contributed by atoms with Crippen LogP contribution in [0.4, 0.5) is 10.5 Å². The maximum absolute atomic E-state index is 11.7. The molecule has 0 aromatic heterocycles. The van der Waals surface area contributed by atoms with Crippen LogP contribution in [-0.2, 0) is 0 Å². The molecule has 1 fully saturated rings. The third-order valence-electron chi connectivity index (χ3n) is 2.48. The summed E-state index contributed by atoms with van der Waals surface area (Å²) in [5.41, 5.74) is 2.08. The summed E-state index contributed by atoms with van der Waals surface area (Å²) < 4.78 is 1.24. The standard InChI is InChI=1S/C13H15BrN2OS2/c1-9(14)8-15-13(17)16-11-4-2-3-10(7-11)12-18-5-6-19-12/h2-4,7,12H,1,5-6,8H2,(H2,15,16,17). The van der Waals surface area contributed by atoms with Crippen LogP contribution in [0.15, 0.2) is 35.3 Å². The molecule has 102 valence electrons. The van der Waals surface area contributed by atoms with Gasteiger partial charge in [0.25, 0.3) is 0 Å². The third kappa shape index (κ3) is 4.78. The first-order valence-corrected chi connectivity index (χ1v) is 8.75. The molecule has 1 aromatic carbocycles. The maximum Gasteiger partial charge on any atom is 0.319 e. The molecule has 0 unspecified atom stereocenters. The smallest absolute Gasteiger partial charge is 0.319 e. The van der Waals surface area contributed by atoms with Crippen LogP contribution in [0, 0.1) is 0 Å². The number of carbonyl (C=O) groups excluding carboxylic acids is 1. The van der Waals surface area contributed by atoms with Crippen molar-refractivity contribution < 1.29 is 4.79 Å². The van der Waals surface area contributed by atoms with Crippen LogP contribution in [0.25, 0.3) is 0 Å². The molecule has 2 N–H and O–H groups in total. The molecule has 1 aliphatic heterocycles. The highest BCUT2D eigenvalue weighted by Gasteiger charge is 2.18. The van der Waals surface area contributed by atoms with Crippen molar-refractivity contribution in [1.29, 1.82) is 0 Å². The van der Waals surface area contributed by atoms with Gasteiger partial charge in [-0.3, -0.25) is 0 Å². The number of hydrogen-bond donors (Lipinski definition) is 2. The molecule has 0 atom stereocenters. The lowest BCUT2D eigenvalue weighted by Crippen LogP contribution is -2.29. The highest BCUT2D eigenvalue weighted by atomic mass is 79.9. The van der Waals surface area contributed by atoms with Crippen molar-refractivity contribution >= 4 is 51.2 Å². The number of nitrogens with one attached hydrogen (secondary N) is 2. The molecule has 0 spiro atoms. The minimum absolute atomic E-state index is 0.218. The summed E-state index contributed by atoms with van der Waals surface area (Å²) in [6, 6.07) is 7.81. The number of carbonyl (C=O) groups is 1. The average Bonchev–Trinajstić information content (AvgIpc) is 2.90. The molecule has 2 amide bonds. The fourth-order valence-corrected chi connectivity index (χ4v) is 4.64. The summed E-state index contributed by atoms with van der Waals surface area (Å²) in [4.78, 5) is 11.7. The fourth-order valence-electron chi connectivity index (χ4n) is 1.67. The van der Waals surface area contributed by atoms with E-state index in [1.54, 1.807) is 0 Å². The Morgan fingerprint density at radius 1 is 1.42 bits per heavy atom. The zero-order valence-electron chi connectivity index (χ0n) is 10.3. The Hall–Kier alpha value is -0.590. The van der Waals surface area contributed by atoms with Crippen molar-refractivity contribution in [2.75, 3.05) is 23.4 Å². The predicted octanol–water partition coefficient (Wildman–Crippen LogP) is 4.20. The normalized spacial score (nSPS) is 15.2. The van der Waals surface area contributed by atoms with E-state index in [4.69, 9.17) is 0 Å². The quantitative estimate of drug-likeness (QED) is 0.847. The molecule has 0 saturated carbocycles. The van der Waals surface area contributed by atoms with Gasteiger partial charge < -0.3 is 10.6 Å². The first kappa shape index (κ1) is 14.8. The lowest BCUT2D eigenvalue weighted by molar-refractivity contribution is 0.253. The number of rotatable bonds is 4. The van der Waals surface area contributed by atoms with Crippen LogP contribution in [0.5, 0.6) is 0 Å². The Labute approximate surface area is 130 Å². The van der Waals surface area contributed by atoms with Gasteiger partial charge >= 0.3 is 6.03 Å². The molecule has 3 nitrogen and oxygen atoms in total. The number of halogens is 1. The predicted molar refractivity (Wildman–Crippen MR) is 89.2 cm³/mol. The van der Waals surface area contributed by atoms with Gasteiger partial charge in [-0.1, -0.05) is 34.6 Å². The van der Waals surface area contributed by atoms with Crippen molar-refractivity contribution in [3.63, 3.8) is 0 Å². The highest BCUT2D eigenvalue weighted by molar-refractivity contribution is 9.11. The zero-order chi connectivity index (χ0) is 13.7. The van der Waals surface area contributed by atoms with Gasteiger partial charge in [-0.05, 0) is 17.7 Å². The van der Waals surface area contributed by atoms with E-state index in [-0.39, 0.29) is 6.03 Å². The lowest BCUT2D eigenvalue weighted by atomic mass is 10.2. The van der Waals surface area contributed by atoms with Crippen molar-refractivity contribution in [1.82, 2.24) is 5.32 Å². The fraction of sp³-hybridized carbons (Fsp3) is 0.308. The van der Waals surface area contributed by atoms with Crippen molar-refractivity contribution in [2.45, 2.75) is 4.58 Å². The van der Waals surface area contributed by atoms with Gasteiger partial charge in [0, 0.05) is 21.7 Å². The Morgan fingerprint density at radius 2 is 2.16 bits per heavy atom. The highest BCUT2D eigenvalue weighted by Crippen LogP contribution is 2.45. The first-order valence-electron chi connectivity index (χ1n) is 5.86. The Kier molecular flexibility index (Phi) is 5.66. The van der Waals surface area contributed by atoms with E-state index in [9.17, 15) is 4.79 Å². The van der Waals surface area contributed by atoms with Gasteiger partial charge in [-0.25, -0.2) is 4.79 Å². The van der Waals surface area contributed by atoms with E-state index < -0.39 is 0 Å². The maximum atomic E-state index is 11.7. The van der Waals surface area contributed by atoms with Gasteiger partial charge in [0.05, 0.1) is 11.1 Å². The molecule has 0 aliphatic carbocycles. The minimum Gasteiger partial charge on any atom is -0.333 e. The lowest BCUT2D eigenvalue weighted by Gasteiger charge is -2.11. The second-order valence-electron chi connectivity index (χ2n) is 4.02. The van der Waals surface area contributed by atoms with Gasteiger partial charge in [0.2, 0.25) is 0 Å². The molecular formula is C13H15BrN2OS2. The Balaban J connectivity index is 1.94. The topological polar surface area (TPSA) is 41.1 Å². The third-order valence-corrected chi connectivity index (χ3v) is 5.86. The van der Waals surface area contributed by atoms with E-state index in [0.29, 0.717) is 11.1 Å². The van der Waals surface area contributed by atoms with Gasteiger partial charge in [0.15, 0.2) is 0 Å². The number of hydrogen-bond acceptors (Lipinski definition) is 3. The largest absolute Gasteiger partial charge is 0.333 e. The van der Waals surface area contributed by atoms with Crippen LogP contribution < -0.4 is 10.6 Å². The van der Waals surface area contributed by atoms with Crippen LogP contribution >= 0.6 is 39.5 Å². The molecule has 1 saturated heterocycles. The van der Waals surface area contributed by atoms with Crippen LogP contribution in [-0.4, -0.2) is 24.1 Å². The van der Waals surface area contributed by atoms with Crippen LogP contribution in [0.1, 0.15) is 10.1 Å². The molecule has 19 heavy (non-hydrogen) atoms. The number of thioether (sulfide) groups is 2. The molecule has 1 heterocycles. The molecule has 6 heteroatoms. The zero-order valence-corrected chi connectivity index (χ0v) is 13.5. The van der Waals surface area contributed by atoms with E-state index in [1.165, 1.54) is 17.1 Å². The summed E-state index contributed by atoms with van der Waals surface area (Å²) >= 11 is 7.11. The Morgan fingerprint density at radius 3 is 2.84 bits per heavy atom. The van der Waals surface area contributed by atoms with Gasteiger partial charge in [-0.2, -0.15) is 0 Å². The van der Waals surface area contributed by atoms with E-state index in [1.807, 2.05) is 41.7 Å². The summed E-state index contributed by atoms with van der Waals surface area (Å²) in [6.45, 7) is 4.09. The number of anilines is 1.